The molecular formula is C22H18FNO6. The molecule has 0 radical (unpaired) electrons. The Balaban J connectivity index is 1.64. The first-order valence-corrected chi connectivity index (χ1v) is 9.31. The van der Waals surface area contributed by atoms with Gasteiger partial charge in [0.15, 0.2) is 11.6 Å². The lowest BCUT2D eigenvalue weighted by molar-refractivity contribution is -0.145. The molecule has 154 valence electrons. The lowest BCUT2D eigenvalue weighted by Gasteiger charge is -2.21. The van der Waals surface area contributed by atoms with E-state index in [2.05, 4.69) is 0 Å². The zero-order valence-corrected chi connectivity index (χ0v) is 16.0. The van der Waals surface area contributed by atoms with Crippen molar-refractivity contribution in [1.29, 1.82) is 0 Å². The number of hydrogen-bond acceptors (Lipinski definition) is 6. The average molecular weight is 411 g/mol. The summed E-state index contributed by atoms with van der Waals surface area (Å²) >= 11 is 0. The minimum absolute atomic E-state index is 0.0147. The molecule has 2 aromatic carbocycles. The maximum atomic E-state index is 13.9. The number of benzene rings is 2. The molecule has 0 saturated carbocycles. The summed E-state index contributed by atoms with van der Waals surface area (Å²) in [6.07, 6.45) is -0.548. The Kier molecular flexibility index (Phi) is 5.22. The number of likely N-dealkylation sites (tertiary alicyclic amines) is 1. The highest BCUT2D eigenvalue weighted by Gasteiger charge is 2.42. The third kappa shape index (κ3) is 3.63. The summed E-state index contributed by atoms with van der Waals surface area (Å²) in [6.45, 7) is -0.0147. The number of nitrogens with zero attached hydrogens (tertiary/aromatic N) is 1. The van der Waals surface area contributed by atoms with Crippen LogP contribution in [0.4, 0.5) is 4.39 Å². The molecule has 0 aliphatic carbocycles. The third-order valence-electron chi connectivity index (χ3n) is 5.00. The molecule has 30 heavy (non-hydrogen) atoms. The van der Waals surface area contributed by atoms with Gasteiger partial charge in [0, 0.05) is 11.8 Å². The summed E-state index contributed by atoms with van der Waals surface area (Å²) in [7, 11) is 1.21. The van der Waals surface area contributed by atoms with Gasteiger partial charge in [-0.2, -0.15) is 0 Å². The van der Waals surface area contributed by atoms with Crippen LogP contribution in [-0.2, 0) is 9.53 Å². The summed E-state index contributed by atoms with van der Waals surface area (Å²) in [5.41, 5.74) is -0.652. The van der Waals surface area contributed by atoms with Gasteiger partial charge in [-0.1, -0.05) is 30.3 Å². The second kappa shape index (κ2) is 7.98. The summed E-state index contributed by atoms with van der Waals surface area (Å²) < 4.78 is 29.6. The van der Waals surface area contributed by atoms with Gasteiger partial charge in [0.05, 0.1) is 13.7 Å². The van der Waals surface area contributed by atoms with E-state index < -0.39 is 35.5 Å². The molecule has 1 aromatic heterocycles. The van der Waals surface area contributed by atoms with Crippen molar-refractivity contribution in [2.45, 2.75) is 18.6 Å². The van der Waals surface area contributed by atoms with Crippen molar-refractivity contribution in [2.75, 3.05) is 13.7 Å². The normalized spacial score (nSPS) is 18.4. The van der Waals surface area contributed by atoms with Crippen LogP contribution in [0.5, 0.6) is 5.75 Å². The molecule has 1 fully saturated rings. The first-order chi connectivity index (χ1) is 14.5. The van der Waals surface area contributed by atoms with E-state index in [1.807, 2.05) is 0 Å². The molecule has 1 aliphatic rings. The standard InChI is InChI=1S/C22H18FNO6/c1-28-22(27)17-11-14(29-19-9-5-3-7-16(19)23)12-24(17)20(25)15-10-13-6-2-4-8-18(13)30-21(15)26/h2-10,14,17H,11-12H2,1H3/t14-,17-/m1/s1. The first kappa shape index (κ1) is 19.6. The maximum absolute atomic E-state index is 13.9. The quantitative estimate of drug-likeness (QED) is 0.485. The van der Waals surface area contributed by atoms with Crippen molar-refractivity contribution in [2.24, 2.45) is 0 Å². The van der Waals surface area contributed by atoms with Crippen LogP contribution in [0, 0.1) is 5.82 Å². The summed E-state index contributed by atoms with van der Waals surface area (Å²) in [4.78, 5) is 39.0. The van der Waals surface area contributed by atoms with Crippen LogP contribution >= 0.6 is 0 Å². The lowest BCUT2D eigenvalue weighted by Crippen LogP contribution is -2.42. The van der Waals surface area contributed by atoms with Gasteiger partial charge in [-0.05, 0) is 24.3 Å². The summed E-state index contributed by atoms with van der Waals surface area (Å²) in [6, 6.07) is 13.1. The monoisotopic (exact) mass is 411 g/mol. The zero-order chi connectivity index (χ0) is 21.3. The van der Waals surface area contributed by atoms with E-state index in [4.69, 9.17) is 13.9 Å². The second-order valence-electron chi connectivity index (χ2n) is 6.89. The topological polar surface area (TPSA) is 86.1 Å². The molecule has 4 rings (SSSR count). The predicted molar refractivity (Wildman–Crippen MR) is 105 cm³/mol. The molecule has 0 bridgehead atoms. The molecule has 3 aromatic rings. The van der Waals surface area contributed by atoms with E-state index in [-0.39, 0.29) is 24.3 Å². The van der Waals surface area contributed by atoms with Crippen LogP contribution in [-0.4, -0.2) is 42.6 Å². The van der Waals surface area contributed by atoms with Crippen LogP contribution in [0.25, 0.3) is 11.0 Å². The van der Waals surface area contributed by atoms with E-state index >= 15 is 0 Å². The summed E-state index contributed by atoms with van der Waals surface area (Å²) in [5, 5.41) is 0.577. The predicted octanol–water partition coefficient (Wildman–Crippen LogP) is 2.77. The van der Waals surface area contributed by atoms with E-state index in [0.29, 0.717) is 11.0 Å². The van der Waals surface area contributed by atoms with Gasteiger partial charge in [-0.3, -0.25) is 4.79 Å². The Morgan fingerprint density at radius 2 is 1.87 bits per heavy atom. The zero-order valence-electron chi connectivity index (χ0n) is 16.0. The van der Waals surface area contributed by atoms with Crippen molar-refractivity contribution in [1.82, 2.24) is 4.90 Å². The molecule has 1 amide bonds. The summed E-state index contributed by atoms with van der Waals surface area (Å²) in [5.74, 6) is -1.85. The van der Waals surface area contributed by atoms with E-state index in [1.54, 1.807) is 30.3 Å². The van der Waals surface area contributed by atoms with Gasteiger partial charge in [0.1, 0.15) is 23.3 Å². The highest BCUT2D eigenvalue weighted by molar-refractivity contribution is 5.99. The van der Waals surface area contributed by atoms with Gasteiger partial charge in [-0.25, -0.2) is 14.0 Å². The molecule has 0 N–H and O–H groups in total. The number of amides is 1. The fourth-order valence-electron chi connectivity index (χ4n) is 3.55. The van der Waals surface area contributed by atoms with E-state index in [9.17, 15) is 18.8 Å². The Labute approximate surface area is 170 Å². The Morgan fingerprint density at radius 3 is 2.63 bits per heavy atom. The maximum Gasteiger partial charge on any atom is 0.349 e. The molecule has 1 saturated heterocycles. The fourth-order valence-corrected chi connectivity index (χ4v) is 3.55. The average Bonchev–Trinajstić information content (AvgIpc) is 3.17. The highest BCUT2D eigenvalue weighted by Crippen LogP contribution is 2.27. The number of halogens is 1. The minimum Gasteiger partial charge on any atom is -0.485 e. The number of rotatable bonds is 4. The molecule has 1 aliphatic heterocycles. The van der Waals surface area contributed by atoms with Crippen LogP contribution in [0.1, 0.15) is 16.8 Å². The van der Waals surface area contributed by atoms with Crippen LogP contribution in [0.2, 0.25) is 0 Å². The Hall–Kier alpha value is -3.68. The number of methoxy groups -OCH3 is 1. The van der Waals surface area contributed by atoms with Gasteiger partial charge in [0.2, 0.25) is 0 Å². The number of fused-ring (bicyclic) bond motifs is 1. The van der Waals surface area contributed by atoms with E-state index in [1.165, 1.54) is 36.3 Å². The van der Waals surface area contributed by atoms with Crippen LogP contribution < -0.4 is 10.4 Å². The number of hydrogen-bond donors (Lipinski definition) is 0. The number of esters is 1. The smallest absolute Gasteiger partial charge is 0.349 e. The van der Waals surface area contributed by atoms with Gasteiger partial charge in [-0.15, -0.1) is 0 Å². The molecule has 0 spiro atoms. The van der Waals surface area contributed by atoms with Gasteiger partial charge in [0.25, 0.3) is 5.91 Å². The van der Waals surface area contributed by atoms with Crippen molar-refractivity contribution < 1.29 is 27.9 Å². The minimum atomic E-state index is -0.967. The largest absolute Gasteiger partial charge is 0.485 e. The number of carbonyl (C=O) groups excluding carboxylic acids is 2. The molecule has 0 unspecified atom stereocenters. The Morgan fingerprint density at radius 1 is 1.13 bits per heavy atom. The number of carbonyl (C=O) groups is 2. The molecule has 2 heterocycles. The molecular weight excluding hydrogens is 393 g/mol. The SMILES string of the molecule is COC(=O)[C@H]1C[C@@H](Oc2ccccc2F)CN1C(=O)c1cc2ccccc2oc1=O. The molecule has 7 nitrogen and oxygen atoms in total. The molecule has 2 atom stereocenters. The van der Waals surface area contributed by atoms with Crippen molar-refractivity contribution in [3.05, 3.63) is 76.4 Å². The highest BCUT2D eigenvalue weighted by atomic mass is 19.1. The van der Waals surface area contributed by atoms with Crippen LogP contribution in [0.15, 0.2) is 63.8 Å². The van der Waals surface area contributed by atoms with Crippen molar-refractivity contribution in [3.8, 4) is 5.75 Å². The van der Waals surface area contributed by atoms with Gasteiger partial charge >= 0.3 is 11.6 Å². The lowest BCUT2D eigenvalue weighted by atomic mass is 10.1. The number of ether oxygens (including phenoxy) is 2. The van der Waals surface area contributed by atoms with E-state index in [0.717, 1.165) is 0 Å². The van der Waals surface area contributed by atoms with Crippen molar-refractivity contribution in [3.63, 3.8) is 0 Å². The van der Waals surface area contributed by atoms with Crippen LogP contribution in [0.3, 0.4) is 0 Å². The first-order valence-electron chi connectivity index (χ1n) is 9.31. The second-order valence-corrected chi connectivity index (χ2v) is 6.89. The van der Waals surface area contributed by atoms with Gasteiger partial charge < -0.3 is 18.8 Å². The van der Waals surface area contributed by atoms with Crippen molar-refractivity contribution >= 4 is 22.8 Å². The third-order valence-corrected chi connectivity index (χ3v) is 5.00. The number of para-hydroxylation sites is 2. The molecule has 8 heteroatoms. The fraction of sp³-hybridized carbons (Fsp3) is 0.227. The Bertz CT molecular complexity index is 1170.